The minimum atomic E-state index is -3.29. The number of hydrogen-bond donors (Lipinski definition) is 2. The SMILES string of the molecule is CCNC(=O)CS(=O)(=O)CCN. The Labute approximate surface area is 72.2 Å². The monoisotopic (exact) mass is 194 g/mol. The summed E-state index contributed by atoms with van der Waals surface area (Å²) in [5.41, 5.74) is 5.05. The molecule has 0 aliphatic carbocycles. The van der Waals surface area contributed by atoms with Gasteiger partial charge in [-0.15, -0.1) is 0 Å². The summed E-state index contributed by atoms with van der Waals surface area (Å²) in [5.74, 6) is -1.06. The zero-order valence-electron chi connectivity index (χ0n) is 7.04. The first-order chi connectivity index (χ1) is 5.52. The highest BCUT2D eigenvalue weighted by Gasteiger charge is 2.14. The van der Waals surface area contributed by atoms with E-state index < -0.39 is 21.5 Å². The van der Waals surface area contributed by atoms with Crippen LogP contribution in [0.2, 0.25) is 0 Å². The van der Waals surface area contributed by atoms with Crippen molar-refractivity contribution in [1.29, 1.82) is 0 Å². The maximum atomic E-state index is 11.0. The van der Waals surface area contributed by atoms with Crippen molar-refractivity contribution in [3.8, 4) is 0 Å². The summed E-state index contributed by atoms with van der Waals surface area (Å²) in [6.07, 6.45) is 0. The number of sulfone groups is 1. The molecule has 0 rings (SSSR count). The molecule has 0 aliphatic heterocycles. The molecule has 0 saturated heterocycles. The number of amides is 1. The lowest BCUT2D eigenvalue weighted by Gasteiger charge is -2.02. The molecule has 5 nitrogen and oxygen atoms in total. The van der Waals surface area contributed by atoms with Crippen LogP contribution in [0.25, 0.3) is 0 Å². The number of carbonyl (C=O) groups excluding carboxylic acids is 1. The predicted molar refractivity (Wildman–Crippen MR) is 46.4 cm³/mol. The highest BCUT2D eigenvalue weighted by Crippen LogP contribution is 1.87. The van der Waals surface area contributed by atoms with Gasteiger partial charge in [0.2, 0.25) is 5.91 Å². The fourth-order valence-corrected chi connectivity index (χ4v) is 1.70. The summed E-state index contributed by atoms with van der Waals surface area (Å²) in [4.78, 5) is 10.8. The van der Waals surface area contributed by atoms with E-state index in [2.05, 4.69) is 5.32 Å². The molecular formula is C6H14N2O3S. The molecular weight excluding hydrogens is 180 g/mol. The third kappa shape index (κ3) is 5.09. The van der Waals surface area contributed by atoms with E-state index in [1.54, 1.807) is 6.92 Å². The van der Waals surface area contributed by atoms with Crippen LogP contribution in [-0.2, 0) is 14.6 Å². The molecule has 0 aromatic carbocycles. The normalized spacial score (nSPS) is 11.2. The second-order valence-corrected chi connectivity index (χ2v) is 4.52. The molecule has 0 atom stereocenters. The summed E-state index contributed by atoms with van der Waals surface area (Å²) < 4.78 is 21.9. The summed E-state index contributed by atoms with van der Waals surface area (Å²) in [5, 5.41) is 2.40. The minimum absolute atomic E-state index is 0.0573. The summed E-state index contributed by atoms with van der Waals surface area (Å²) in [6, 6.07) is 0. The van der Waals surface area contributed by atoms with Gasteiger partial charge in [0.15, 0.2) is 9.84 Å². The molecule has 0 saturated carbocycles. The predicted octanol–water partition coefficient (Wildman–Crippen LogP) is -1.50. The molecule has 0 bridgehead atoms. The molecule has 6 heteroatoms. The summed E-state index contributed by atoms with van der Waals surface area (Å²) >= 11 is 0. The van der Waals surface area contributed by atoms with Gasteiger partial charge in [0, 0.05) is 13.1 Å². The van der Waals surface area contributed by atoms with E-state index in [0.717, 1.165) is 0 Å². The number of nitrogens with one attached hydrogen (secondary N) is 1. The van der Waals surface area contributed by atoms with Gasteiger partial charge < -0.3 is 11.1 Å². The second-order valence-electron chi connectivity index (χ2n) is 2.33. The molecule has 0 fully saturated rings. The molecule has 3 N–H and O–H groups in total. The third-order valence-corrected chi connectivity index (χ3v) is 2.71. The first-order valence-corrected chi connectivity index (χ1v) is 5.51. The topological polar surface area (TPSA) is 89.3 Å². The van der Waals surface area contributed by atoms with E-state index in [0.29, 0.717) is 6.54 Å². The molecule has 0 aromatic heterocycles. The Balaban J connectivity index is 3.98. The van der Waals surface area contributed by atoms with Crippen molar-refractivity contribution in [1.82, 2.24) is 5.32 Å². The van der Waals surface area contributed by atoms with Gasteiger partial charge in [-0.3, -0.25) is 4.79 Å². The van der Waals surface area contributed by atoms with Crippen molar-refractivity contribution in [3.63, 3.8) is 0 Å². The maximum absolute atomic E-state index is 11.0. The molecule has 12 heavy (non-hydrogen) atoms. The lowest BCUT2D eigenvalue weighted by molar-refractivity contribution is -0.118. The van der Waals surface area contributed by atoms with Gasteiger partial charge in [0.1, 0.15) is 5.75 Å². The largest absolute Gasteiger partial charge is 0.356 e. The van der Waals surface area contributed by atoms with Crippen LogP contribution in [0.3, 0.4) is 0 Å². The molecule has 72 valence electrons. The Morgan fingerprint density at radius 2 is 2.08 bits per heavy atom. The van der Waals surface area contributed by atoms with Gasteiger partial charge >= 0.3 is 0 Å². The Hall–Kier alpha value is -0.620. The van der Waals surface area contributed by atoms with Crippen LogP contribution in [-0.4, -0.2) is 38.9 Å². The van der Waals surface area contributed by atoms with Crippen LogP contribution in [0.1, 0.15) is 6.92 Å². The highest BCUT2D eigenvalue weighted by atomic mass is 32.2. The first-order valence-electron chi connectivity index (χ1n) is 3.69. The number of rotatable bonds is 5. The van der Waals surface area contributed by atoms with Crippen molar-refractivity contribution < 1.29 is 13.2 Å². The van der Waals surface area contributed by atoms with Crippen LogP contribution < -0.4 is 11.1 Å². The van der Waals surface area contributed by atoms with Gasteiger partial charge in [-0.25, -0.2) is 8.42 Å². The average molecular weight is 194 g/mol. The number of hydrogen-bond acceptors (Lipinski definition) is 4. The lowest BCUT2D eigenvalue weighted by Crippen LogP contribution is -2.32. The van der Waals surface area contributed by atoms with Crippen molar-refractivity contribution in [2.24, 2.45) is 5.73 Å². The zero-order chi connectivity index (χ0) is 9.61. The molecule has 0 aliphatic rings. The van der Waals surface area contributed by atoms with E-state index in [4.69, 9.17) is 5.73 Å². The Morgan fingerprint density at radius 3 is 2.50 bits per heavy atom. The fourth-order valence-electron chi connectivity index (χ4n) is 0.700. The number of carbonyl (C=O) groups is 1. The minimum Gasteiger partial charge on any atom is -0.356 e. The lowest BCUT2D eigenvalue weighted by atomic mass is 10.6. The van der Waals surface area contributed by atoms with E-state index in [1.807, 2.05) is 0 Å². The van der Waals surface area contributed by atoms with Crippen molar-refractivity contribution in [2.45, 2.75) is 6.92 Å². The van der Waals surface area contributed by atoms with Crippen molar-refractivity contribution in [2.75, 3.05) is 24.6 Å². The number of nitrogens with two attached hydrogens (primary N) is 1. The fraction of sp³-hybridized carbons (Fsp3) is 0.833. The Kier molecular flexibility index (Phi) is 4.84. The Bertz CT molecular complexity index is 235. The molecule has 1 amide bonds. The molecule has 0 unspecified atom stereocenters. The van der Waals surface area contributed by atoms with Gasteiger partial charge in [-0.1, -0.05) is 0 Å². The van der Waals surface area contributed by atoms with Crippen molar-refractivity contribution in [3.05, 3.63) is 0 Å². The zero-order valence-corrected chi connectivity index (χ0v) is 7.86. The van der Waals surface area contributed by atoms with Crippen LogP contribution in [0.15, 0.2) is 0 Å². The van der Waals surface area contributed by atoms with E-state index in [9.17, 15) is 13.2 Å². The second kappa shape index (κ2) is 5.10. The van der Waals surface area contributed by atoms with Crippen LogP contribution in [0.5, 0.6) is 0 Å². The van der Waals surface area contributed by atoms with Crippen LogP contribution in [0, 0.1) is 0 Å². The quantitative estimate of drug-likeness (QED) is 0.557. The molecule has 0 aromatic rings. The van der Waals surface area contributed by atoms with Gasteiger partial charge in [0.05, 0.1) is 5.75 Å². The van der Waals surface area contributed by atoms with E-state index >= 15 is 0 Å². The van der Waals surface area contributed by atoms with Crippen molar-refractivity contribution >= 4 is 15.7 Å². The summed E-state index contributed by atoms with van der Waals surface area (Å²) in [7, 11) is -3.29. The Morgan fingerprint density at radius 1 is 1.50 bits per heavy atom. The van der Waals surface area contributed by atoms with Gasteiger partial charge in [-0.05, 0) is 6.92 Å². The third-order valence-electron chi connectivity index (χ3n) is 1.15. The van der Waals surface area contributed by atoms with E-state index in [1.165, 1.54) is 0 Å². The summed E-state index contributed by atoms with van der Waals surface area (Å²) in [6.45, 7) is 2.23. The molecule has 0 heterocycles. The first kappa shape index (κ1) is 11.4. The smallest absolute Gasteiger partial charge is 0.235 e. The highest BCUT2D eigenvalue weighted by molar-refractivity contribution is 7.92. The van der Waals surface area contributed by atoms with Crippen LogP contribution in [0.4, 0.5) is 0 Å². The molecule has 0 radical (unpaired) electrons. The standard InChI is InChI=1S/C6H14N2O3S/c1-2-8-6(9)5-12(10,11)4-3-7/h2-5,7H2,1H3,(H,8,9). The van der Waals surface area contributed by atoms with Gasteiger partial charge in [0.25, 0.3) is 0 Å². The van der Waals surface area contributed by atoms with E-state index in [-0.39, 0.29) is 12.3 Å². The maximum Gasteiger partial charge on any atom is 0.235 e. The van der Waals surface area contributed by atoms with Gasteiger partial charge in [-0.2, -0.15) is 0 Å². The molecule has 0 spiro atoms. The van der Waals surface area contributed by atoms with Crippen LogP contribution >= 0.6 is 0 Å². The average Bonchev–Trinajstić information content (AvgIpc) is 1.85.